The highest BCUT2D eigenvalue weighted by molar-refractivity contribution is 5.94. The van der Waals surface area contributed by atoms with Crippen molar-refractivity contribution in [3.8, 4) is 5.75 Å². The first-order chi connectivity index (χ1) is 12.5. The average Bonchev–Trinajstić information content (AvgIpc) is 2.61. The minimum Gasteiger partial charge on any atom is -0.482 e. The van der Waals surface area contributed by atoms with Crippen LogP contribution in [0.4, 0.5) is 11.4 Å². The third kappa shape index (κ3) is 5.62. The predicted molar refractivity (Wildman–Crippen MR) is 97.3 cm³/mol. The normalized spacial score (nSPS) is 9.92. The molecule has 0 aromatic heterocycles. The number of anilines is 2. The summed E-state index contributed by atoms with van der Waals surface area (Å²) in [5.74, 6) is -0.613. The highest BCUT2D eigenvalue weighted by Gasteiger charge is 2.09. The van der Waals surface area contributed by atoms with Crippen LogP contribution in [0.25, 0.3) is 0 Å². The first-order valence-electron chi connectivity index (χ1n) is 8.06. The topological polar surface area (TPSA) is 93.7 Å². The Morgan fingerprint density at radius 2 is 1.65 bits per heavy atom. The van der Waals surface area contributed by atoms with E-state index in [0.29, 0.717) is 29.3 Å². The van der Waals surface area contributed by atoms with E-state index in [9.17, 15) is 14.4 Å². The van der Waals surface area contributed by atoms with Crippen molar-refractivity contribution < 1.29 is 23.9 Å². The Morgan fingerprint density at radius 3 is 2.31 bits per heavy atom. The zero-order valence-corrected chi connectivity index (χ0v) is 14.6. The molecule has 0 bridgehead atoms. The van der Waals surface area contributed by atoms with Gasteiger partial charge in [-0.2, -0.15) is 0 Å². The lowest BCUT2D eigenvalue weighted by Crippen LogP contribution is -2.20. The summed E-state index contributed by atoms with van der Waals surface area (Å²) in [6, 6.07) is 13.2. The van der Waals surface area contributed by atoms with E-state index >= 15 is 0 Å². The summed E-state index contributed by atoms with van der Waals surface area (Å²) < 4.78 is 10.4. The van der Waals surface area contributed by atoms with Crippen molar-refractivity contribution in [1.82, 2.24) is 0 Å². The van der Waals surface area contributed by atoms with E-state index in [2.05, 4.69) is 10.6 Å². The molecule has 0 fully saturated rings. The Hall–Kier alpha value is -3.35. The van der Waals surface area contributed by atoms with Crippen molar-refractivity contribution in [2.75, 3.05) is 23.8 Å². The molecule has 7 nitrogen and oxygen atoms in total. The number of benzene rings is 2. The molecule has 2 amide bonds. The highest BCUT2D eigenvalue weighted by atomic mass is 16.5. The molecule has 0 saturated carbocycles. The van der Waals surface area contributed by atoms with E-state index in [1.54, 1.807) is 55.5 Å². The first kappa shape index (κ1) is 19.0. The van der Waals surface area contributed by atoms with E-state index in [1.165, 1.54) is 6.92 Å². The van der Waals surface area contributed by atoms with Crippen molar-refractivity contribution in [3.05, 3.63) is 54.1 Å². The molecule has 0 saturated heterocycles. The molecule has 7 heteroatoms. The lowest BCUT2D eigenvalue weighted by molar-refractivity contribution is -0.118. The third-order valence-corrected chi connectivity index (χ3v) is 3.24. The largest absolute Gasteiger partial charge is 0.482 e. The minimum absolute atomic E-state index is 0.226. The Balaban J connectivity index is 1.91. The maximum Gasteiger partial charge on any atom is 0.338 e. The maximum absolute atomic E-state index is 12.0. The summed E-state index contributed by atoms with van der Waals surface area (Å²) >= 11 is 0. The van der Waals surface area contributed by atoms with Crippen LogP contribution in [0.5, 0.6) is 5.75 Å². The molecule has 0 aliphatic carbocycles. The van der Waals surface area contributed by atoms with E-state index in [-0.39, 0.29) is 18.4 Å². The van der Waals surface area contributed by atoms with E-state index in [1.807, 2.05) is 0 Å². The van der Waals surface area contributed by atoms with Gasteiger partial charge in [0, 0.05) is 12.6 Å². The molecule has 26 heavy (non-hydrogen) atoms. The van der Waals surface area contributed by atoms with Crippen LogP contribution in [0.15, 0.2) is 48.5 Å². The molecule has 2 rings (SSSR count). The van der Waals surface area contributed by atoms with Crippen LogP contribution in [0.1, 0.15) is 24.2 Å². The number of ether oxygens (including phenoxy) is 2. The number of rotatable bonds is 7. The predicted octanol–water partition coefficient (Wildman–Crippen LogP) is 2.84. The SMILES string of the molecule is CCOC(=O)c1ccc(NC(=O)COc2ccccc2NC(C)=O)cc1. The monoisotopic (exact) mass is 356 g/mol. The molecule has 2 N–H and O–H groups in total. The highest BCUT2D eigenvalue weighted by Crippen LogP contribution is 2.23. The van der Waals surface area contributed by atoms with Gasteiger partial charge in [0.1, 0.15) is 5.75 Å². The summed E-state index contributed by atoms with van der Waals surface area (Å²) in [5.41, 5.74) is 1.43. The maximum atomic E-state index is 12.0. The van der Waals surface area contributed by atoms with Crippen molar-refractivity contribution in [2.24, 2.45) is 0 Å². The molecule has 0 radical (unpaired) electrons. The molecule has 0 aliphatic rings. The van der Waals surface area contributed by atoms with Gasteiger partial charge in [-0.05, 0) is 43.3 Å². The van der Waals surface area contributed by atoms with Crippen molar-refractivity contribution in [2.45, 2.75) is 13.8 Å². The molecular weight excluding hydrogens is 336 g/mol. The van der Waals surface area contributed by atoms with Gasteiger partial charge in [0.2, 0.25) is 5.91 Å². The van der Waals surface area contributed by atoms with Crippen LogP contribution in [0.2, 0.25) is 0 Å². The minimum atomic E-state index is -0.414. The number of nitrogens with one attached hydrogen (secondary N) is 2. The van der Waals surface area contributed by atoms with Gasteiger partial charge in [-0.25, -0.2) is 4.79 Å². The summed E-state index contributed by atoms with van der Waals surface area (Å²) in [6.07, 6.45) is 0. The van der Waals surface area contributed by atoms with Gasteiger partial charge in [0.05, 0.1) is 17.9 Å². The molecule has 0 aliphatic heterocycles. The van der Waals surface area contributed by atoms with Gasteiger partial charge in [0.15, 0.2) is 6.61 Å². The van der Waals surface area contributed by atoms with Crippen LogP contribution in [-0.4, -0.2) is 31.0 Å². The smallest absolute Gasteiger partial charge is 0.338 e. The van der Waals surface area contributed by atoms with E-state index in [4.69, 9.17) is 9.47 Å². The summed E-state index contributed by atoms with van der Waals surface area (Å²) in [7, 11) is 0. The summed E-state index contributed by atoms with van der Waals surface area (Å²) in [4.78, 5) is 34.8. The van der Waals surface area contributed by atoms with Crippen molar-refractivity contribution in [1.29, 1.82) is 0 Å². The zero-order chi connectivity index (χ0) is 18.9. The average molecular weight is 356 g/mol. The molecule has 2 aromatic carbocycles. The molecule has 2 aromatic rings. The molecule has 0 spiro atoms. The second kappa shape index (κ2) is 9.22. The van der Waals surface area contributed by atoms with Gasteiger partial charge in [-0.1, -0.05) is 12.1 Å². The quantitative estimate of drug-likeness (QED) is 0.744. The van der Waals surface area contributed by atoms with Gasteiger partial charge in [-0.15, -0.1) is 0 Å². The van der Waals surface area contributed by atoms with Gasteiger partial charge in [0.25, 0.3) is 5.91 Å². The standard InChI is InChI=1S/C19H20N2O5/c1-3-25-19(24)14-8-10-15(11-9-14)21-18(23)12-26-17-7-5-4-6-16(17)20-13(2)22/h4-11H,3,12H2,1-2H3,(H,20,22)(H,21,23). The molecular formula is C19H20N2O5. The molecule has 0 heterocycles. The van der Waals surface area contributed by atoms with Crippen molar-refractivity contribution >= 4 is 29.2 Å². The fourth-order valence-electron chi connectivity index (χ4n) is 2.13. The summed E-state index contributed by atoms with van der Waals surface area (Å²) in [6.45, 7) is 3.20. The molecule has 0 unspecified atom stereocenters. The van der Waals surface area contributed by atoms with Gasteiger partial charge < -0.3 is 20.1 Å². The third-order valence-electron chi connectivity index (χ3n) is 3.24. The Kier molecular flexibility index (Phi) is 6.73. The number of hydrogen-bond donors (Lipinski definition) is 2. The first-order valence-corrected chi connectivity index (χ1v) is 8.06. The Bertz CT molecular complexity index is 787. The van der Waals surface area contributed by atoms with Crippen molar-refractivity contribution in [3.63, 3.8) is 0 Å². The second-order valence-electron chi connectivity index (χ2n) is 5.31. The van der Waals surface area contributed by atoms with Crippen LogP contribution < -0.4 is 15.4 Å². The lowest BCUT2D eigenvalue weighted by atomic mass is 10.2. The van der Waals surface area contributed by atoms with Crippen LogP contribution in [0, 0.1) is 0 Å². The Morgan fingerprint density at radius 1 is 0.962 bits per heavy atom. The van der Waals surface area contributed by atoms with Gasteiger partial charge >= 0.3 is 5.97 Å². The van der Waals surface area contributed by atoms with E-state index in [0.717, 1.165) is 0 Å². The van der Waals surface area contributed by atoms with Crippen LogP contribution in [0.3, 0.4) is 0 Å². The number of carbonyl (C=O) groups is 3. The number of carbonyl (C=O) groups excluding carboxylic acids is 3. The Labute approximate surface area is 151 Å². The zero-order valence-electron chi connectivity index (χ0n) is 14.6. The van der Waals surface area contributed by atoms with Gasteiger partial charge in [-0.3, -0.25) is 9.59 Å². The number of hydrogen-bond acceptors (Lipinski definition) is 5. The fourth-order valence-corrected chi connectivity index (χ4v) is 2.13. The number of esters is 1. The van der Waals surface area contributed by atoms with E-state index < -0.39 is 5.97 Å². The summed E-state index contributed by atoms with van der Waals surface area (Å²) in [5, 5.41) is 5.30. The fraction of sp³-hybridized carbons (Fsp3) is 0.211. The molecule has 136 valence electrons. The molecule has 0 atom stereocenters. The van der Waals surface area contributed by atoms with Crippen LogP contribution >= 0.6 is 0 Å². The lowest BCUT2D eigenvalue weighted by Gasteiger charge is -2.12. The van der Waals surface area contributed by atoms with Crippen LogP contribution in [-0.2, 0) is 14.3 Å². The second-order valence-corrected chi connectivity index (χ2v) is 5.31. The number of para-hydroxylation sites is 2. The number of amides is 2.